The molecule has 0 heterocycles. The van der Waals surface area contributed by atoms with Crippen molar-refractivity contribution in [3.8, 4) is 0 Å². The van der Waals surface area contributed by atoms with Crippen LogP contribution in [0.2, 0.25) is 0 Å². The lowest BCUT2D eigenvalue weighted by Crippen LogP contribution is -2.30. The summed E-state index contributed by atoms with van der Waals surface area (Å²) < 4.78 is 11.0. The second-order valence-corrected chi connectivity index (χ2v) is 5.87. The van der Waals surface area contributed by atoms with Gasteiger partial charge >= 0.3 is 0 Å². The Morgan fingerprint density at radius 3 is 2.67 bits per heavy atom. The fourth-order valence-corrected chi connectivity index (χ4v) is 1.67. The zero-order chi connectivity index (χ0) is 15.9. The number of anilines is 1. The van der Waals surface area contributed by atoms with Gasteiger partial charge in [0.15, 0.2) is 0 Å². The van der Waals surface area contributed by atoms with Crippen LogP contribution in [-0.4, -0.2) is 30.8 Å². The quantitative estimate of drug-likeness (QED) is 0.757. The summed E-state index contributed by atoms with van der Waals surface area (Å²) in [6.45, 7) is 8.95. The minimum absolute atomic E-state index is 0.181. The summed E-state index contributed by atoms with van der Waals surface area (Å²) in [5.41, 5.74) is 7.08. The Morgan fingerprint density at radius 2 is 2.05 bits per heavy atom. The summed E-state index contributed by atoms with van der Waals surface area (Å²) in [5.74, 6) is -0.181. The standard InChI is InChI=1S/C16H26N2O3/c1-12(20-8-9-21-16(2,3)4)15(19)18-14-7-5-6-13(10-14)11-17/h5-7,10,12H,8-9,11,17H2,1-4H3,(H,18,19). The number of nitrogens with two attached hydrogens (primary N) is 1. The molecule has 0 aliphatic heterocycles. The highest BCUT2D eigenvalue weighted by Gasteiger charge is 2.15. The van der Waals surface area contributed by atoms with Crippen LogP contribution in [0.5, 0.6) is 0 Å². The van der Waals surface area contributed by atoms with E-state index in [1.54, 1.807) is 6.92 Å². The van der Waals surface area contributed by atoms with Crippen LogP contribution in [-0.2, 0) is 20.8 Å². The highest BCUT2D eigenvalue weighted by molar-refractivity contribution is 5.93. The maximum atomic E-state index is 12.0. The Bertz CT molecular complexity index is 455. The number of carbonyl (C=O) groups is 1. The van der Waals surface area contributed by atoms with E-state index in [0.717, 1.165) is 11.3 Å². The molecule has 0 saturated heterocycles. The largest absolute Gasteiger partial charge is 0.373 e. The van der Waals surface area contributed by atoms with E-state index < -0.39 is 6.10 Å². The predicted octanol–water partition coefficient (Wildman–Crippen LogP) is 2.30. The minimum Gasteiger partial charge on any atom is -0.373 e. The van der Waals surface area contributed by atoms with Gasteiger partial charge in [-0.2, -0.15) is 0 Å². The fraction of sp³-hybridized carbons (Fsp3) is 0.562. The van der Waals surface area contributed by atoms with E-state index in [-0.39, 0.29) is 11.5 Å². The summed E-state index contributed by atoms with van der Waals surface area (Å²) in [6, 6.07) is 7.46. The van der Waals surface area contributed by atoms with Crippen molar-refractivity contribution >= 4 is 11.6 Å². The van der Waals surface area contributed by atoms with Crippen LogP contribution < -0.4 is 11.1 Å². The molecule has 1 atom stereocenters. The first-order valence-corrected chi connectivity index (χ1v) is 7.17. The summed E-state index contributed by atoms with van der Waals surface area (Å²) in [6.07, 6.45) is -0.532. The highest BCUT2D eigenvalue weighted by Crippen LogP contribution is 2.11. The van der Waals surface area contributed by atoms with Crippen molar-refractivity contribution in [3.05, 3.63) is 29.8 Å². The molecule has 0 saturated carbocycles. The van der Waals surface area contributed by atoms with Gasteiger partial charge in [-0.25, -0.2) is 0 Å². The van der Waals surface area contributed by atoms with Crippen LogP contribution in [0.1, 0.15) is 33.3 Å². The summed E-state index contributed by atoms with van der Waals surface area (Å²) in [4.78, 5) is 12.0. The smallest absolute Gasteiger partial charge is 0.253 e. The Morgan fingerprint density at radius 1 is 1.33 bits per heavy atom. The number of rotatable bonds is 7. The van der Waals surface area contributed by atoms with Gasteiger partial charge in [-0.3, -0.25) is 4.79 Å². The van der Waals surface area contributed by atoms with Gasteiger partial charge in [0, 0.05) is 12.2 Å². The van der Waals surface area contributed by atoms with Crippen LogP contribution >= 0.6 is 0 Å². The van der Waals surface area contributed by atoms with Crippen LogP contribution in [0.15, 0.2) is 24.3 Å². The molecule has 0 aliphatic rings. The molecule has 0 aromatic heterocycles. The third kappa shape index (κ3) is 7.22. The van der Waals surface area contributed by atoms with Gasteiger partial charge in [0.1, 0.15) is 6.10 Å². The van der Waals surface area contributed by atoms with Crippen molar-refractivity contribution < 1.29 is 14.3 Å². The van der Waals surface area contributed by atoms with E-state index in [1.165, 1.54) is 0 Å². The second kappa shape index (κ2) is 8.12. The lowest BCUT2D eigenvalue weighted by Gasteiger charge is -2.20. The molecule has 5 heteroatoms. The fourth-order valence-electron chi connectivity index (χ4n) is 1.67. The molecule has 3 N–H and O–H groups in total. The molecule has 1 aromatic rings. The van der Waals surface area contributed by atoms with Gasteiger partial charge in [-0.15, -0.1) is 0 Å². The van der Waals surface area contributed by atoms with E-state index in [0.29, 0.717) is 19.8 Å². The van der Waals surface area contributed by atoms with Gasteiger partial charge in [0.2, 0.25) is 0 Å². The molecule has 21 heavy (non-hydrogen) atoms. The lowest BCUT2D eigenvalue weighted by atomic mass is 10.2. The SMILES string of the molecule is CC(OCCOC(C)(C)C)C(=O)Nc1cccc(CN)c1. The van der Waals surface area contributed by atoms with Gasteiger partial charge in [0.25, 0.3) is 5.91 Å². The van der Waals surface area contributed by atoms with Crippen molar-refractivity contribution in [1.29, 1.82) is 0 Å². The van der Waals surface area contributed by atoms with Gasteiger partial charge < -0.3 is 20.5 Å². The molecule has 0 radical (unpaired) electrons. The van der Waals surface area contributed by atoms with Gasteiger partial charge in [0.05, 0.1) is 18.8 Å². The molecule has 0 aliphatic carbocycles. The van der Waals surface area contributed by atoms with E-state index in [1.807, 2.05) is 45.0 Å². The normalized spacial score (nSPS) is 13.0. The third-order valence-electron chi connectivity index (χ3n) is 2.79. The molecule has 1 rings (SSSR count). The zero-order valence-electron chi connectivity index (χ0n) is 13.3. The number of nitrogens with one attached hydrogen (secondary N) is 1. The molecule has 118 valence electrons. The Kier molecular flexibility index (Phi) is 6.81. The van der Waals surface area contributed by atoms with E-state index in [9.17, 15) is 4.79 Å². The maximum absolute atomic E-state index is 12.0. The number of amides is 1. The van der Waals surface area contributed by atoms with E-state index in [4.69, 9.17) is 15.2 Å². The first-order valence-electron chi connectivity index (χ1n) is 7.17. The van der Waals surface area contributed by atoms with Crippen LogP contribution in [0.3, 0.4) is 0 Å². The predicted molar refractivity (Wildman–Crippen MR) is 84.1 cm³/mol. The first-order chi connectivity index (χ1) is 9.81. The van der Waals surface area contributed by atoms with Crippen molar-refractivity contribution in [2.75, 3.05) is 18.5 Å². The molecule has 1 amide bonds. The number of benzene rings is 1. The second-order valence-electron chi connectivity index (χ2n) is 5.87. The van der Waals surface area contributed by atoms with Gasteiger partial charge in [-0.05, 0) is 45.4 Å². The minimum atomic E-state index is -0.532. The third-order valence-corrected chi connectivity index (χ3v) is 2.79. The molecule has 1 aromatic carbocycles. The van der Waals surface area contributed by atoms with Crippen LogP contribution in [0, 0.1) is 0 Å². The van der Waals surface area contributed by atoms with Crippen molar-refractivity contribution in [2.24, 2.45) is 5.73 Å². The van der Waals surface area contributed by atoms with Crippen molar-refractivity contribution in [2.45, 2.75) is 45.9 Å². The molecule has 5 nitrogen and oxygen atoms in total. The summed E-state index contributed by atoms with van der Waals surface area (Å²) in [7, 11) is 0. The lowest BCUT2D eigenvalue weighted by molar-refractivity contribution is -0.128. The van der Waals surface area contributed by atoms with Crippen LogP contribution in [0.4, 0.5) is 5.69 Å². The maximum Gasteiger partial charge on any atom is 0.253 e. The Hall–Kier alpha value is -1.43. The molecular formula is C16H26N2O3. The number of hydrogen-bond acceptors (Lipinski definition) is 4. The van der Waals surface area contributed by atoms with E-state index >= 15 is 0 Å². The topological polar surface area (TPSA) is 73.6 Å². The van der Waals surface area contributed by atoms with E-state index in [2.05, 4.69) is 5.32 Å². The van der Waals surface area contributed by atoms with Crippen molar-refractivity contribution in [3.63, 3.8) is 0 Å². The van der Waals surface area contributed by atoms with Gasteiger partial charge in [-0.1, -0.05) is 12.1 Å². The molecule has 1 unspecified atom stereocenters. The number of hydrogen-bond donors (Lipinski definition) is 2. The van der Waals surface area contributed by atoms with Crippen LogP contribution in [0.25, 0.3) is 0 Å². The molecule has 0 bridgehead atoms. The molecule has 0 fully saturated rings. The summed E-state index contributed by atoms with van der Waals surface area (Å²) >= 11 is 0. The first kappa shape index (κ1) is 17.6. The average Bonchev–Trinajstić information content (AvgIpc) is 2.42. The number of ether oxygens (including phenoxy) is 2. The zero-order valence-corrected chi connectivity index (χ0v) is 13.3. The number of carbonyl (C=O) groups excluding carboxylic acids is 1. The van der Waals surface area contributed by atoms with Crippen molar-refractivity contribution in [1.82, 2.24) is 0 Å². The molecular weight excluding hydrogens is 268 g/mol. The summed E-state index contributed by atoms with van der Waals surface area (Å²) in [5, 5.41) is 2.81. The highest BCUT2D eigenvalue weighted by atomic mass is 16.5. The Labute approximate surface area is 126 Å². The Balaban J connectivity index is 2.37. The average molecular weight is 294 g/mol. The monoisotopic (exact) mass is 294 g/mol. The molecule has 0 spiro atoms.